The maximum Gasteiger partial charge on any atom is 0.257 e. The van der Waals surface area contributed by atoms with Crippen LogP contribution in [0.5, 0.6) is 0 Å². The van der Waals surface area contributed by atoms with Gasteiger partial charge in [0.1, 0.15) is 0 Å². The average Bonchev–Trinajstić information content (AvgIpc) is 3.18. The number of amides is 1. The first kappa shape index (κ1) is 20.5. The van der Waals surface area contributed by atoms with Gasteiger partial charge in [-0.3, -0.25) is 19.9 Å². The van der Waals surface area contributed by atoms with Crippen molar-refractivity contribution in [2.75, 3.05) is 31.5 Å². The predicted octanol–water partition coefficient (Wildman–Crippen LogP) is 4.61. The molecule has 0 bridgehead atoms. The van der Waals surface area contributed by atoms with Crippen LogP contribution in [-0.4, -0.2) is 46.9 Å². The summed E-state index contributed by atoms with van der Waals surface area (Å²) in [4.78, 5) is 22.2. The van der Waals surface area contributed by atoms with Gasteiger partial charge >= 0.3 is 0 Å². The highest BCUT2D eigenvalue weighted by Crippen LogP contribution is 2.21. The van der Waals surface area contributed by atoms with Crippen LogP contribution in [0.15, 0.2) is 29.6 Å². The molecule has 2 aliphatic heterocycles. The smallest absolute Gasteiger partial charge is 0.257 e. The molecule has 0 radical (unpaired) electrons. The summed E-state index contributed by atoms with van der Waals surface area (Å²) in [6.07, 6.45) is 6.48. The van der Waals surface area contributed by atoms with Crippen LogP contribution in [0.25, 0.3) is 0 Å². The van der Waals surface area contributed by atoms with Gasteiger partial charge in [-0.15, -0.1) is 11.3 Å². The van der Waals surface area contributed by atoms with Crippen molar-refractivity contribution in [1.82, 2.24) is 14.8 Å². The molecule has 2 fully saturated rings. The van der Waals surface area contributed by atoms with E-state index in [1.165, 1.54) is 62.1 Å². The topological polar surface area (TPSA) is 48.5 Å². The number of hydrogen-bond acceptors (Lipinski definition) is 5. The van der Waals surface area contributed by atoms with Crippen LogP contribution >= 0.6 is 11.3 Å². The zero-order chi connectivity index (χ0) is 20.1. The number of likely N-dealkylation sites (tertiary alicyclic amines) is 2. The van der Waals surface area contributed by atoms with Gasteiger partial charge in [0.2, 0.25) is 0 Å². The first-order valence-electron chi connectivity index (χ1n) is 10.9. The molecular weight excluding hydrogens is 380 g/mol. The maximum atomic E-state index is 12.6. The second-order valence-corrected chi connectivity index (χ2v) is 9.45. The minimum atomic E-state index is -0.0813. The van der Waals surface area contributed by atoms with E-state index < -0.39 is 0 Å². The Balaban J connectivity index is 1.28. The molecule has 0 saturated carbocycles. The third-order valence-electron chi connectivity index (χ3n) is 6.11. The molecule has 2 aromatic rings. The molecule has 1 amide bonds. The van der Waals surface area contributed by atoms with Crippen LogP contribution in [0.1, 0.15) is 60.6 Å². The van der Waals surface area contributed by atoms with Gasteiger partial charge in [0.15, 0.2) is 5.13 Å². The predicted molar refractivity (Wildman–Crippen MR) is 119 cm³/mol. The van der Waals surface area contributed by atoms with Gasteiger partial charge in [-0.05, 0) is 75.5 Å². The maximum absolute atomic E-state index is 12.6. The molecular formula is C23H32N4OS. The van der Waals surface area contributed by atoms with Gasteiger partial charge in [0.25, 0.3) is 5.91 Å². The van der Waals surface area contributed by atoms with Crippen LogP contribution in [0, 0.1) is 5.92 Å². The molecule has 0 atom stereocenters. The zero-order valence-corrected chi connectivity index (χ0v) is 18.2. The summed E-state index contributed by atoms with van der Waals surface area (Å²) in [5.41, 5.74) is 3.02. The van der Waals surface area contributed by atoms with Crippen LogP contribution in [0.4, 0.5) is 5.13 Å². The van der Waals surface area contributed by atoms with E-state index in [-0.39, 0.29) is 5.91 Å². The summed E-state index contributed by atoms with van der Waals surface area (Å²) < 4.78 is 0. The van der Waals surface area contributed by atoms with E-state index in [4.69, 9.17) is 0 Å². The fourth-order valence-corrected chi connectivity index (χ4v) is 4.89. The summed E-state index contributed by atoms with van der Waals surface area (Å²) >= 11 is 1.51. The fourth-order valence-electron chi connectivity index (χ4n) is 4.19. The first-order valence-corrected chi connectivity index (χ1v) is 11.8. The van der Waals surface area contributed by atoms with Gasteiger partial charge in [-0.25, -0.2) is 4.98 Å². The normalized spacial score (nSPS) is 19.3. The molecule has 0 aliphatic carbocycles. The quantitative estimate of drug-likeness (QED) is 0.752. The molecule has 0 spiro atoms. The van der Waals surface area contributed by atoms with Gasteiger partial charge in [0.05, 0.1) is 5.69 Å². The Hall–Kier alpha value is -1.76. The van der Waals surface area contributed by atoms with Crippen molar-refractivity contribution < 1.29 is 4.79 Å². The third kappa shape index (κ3) is 5.87. The second-order valence-electron chi connectivity index (χ2n) is 8.59. The largest absolute Gasteiger partial charge is 0.299 e. The van der Waals surface area contributed by atoms with E-state index in [2.05, 4.69) is 44.5 Å². The van der Waals surface area contributed by atoms with Crippen molar-refractivity contribution in [3.8, 4) is 0 Å². The Morgan fingerprint density at radius 2 is 1.72 bits per heavy atom. The Morgan fingerprint density at radius 3 is 2.45 bits per heavy atom. The van der Waals surface area contributed by atoms with Gasteiger partial charge in [-0.2, -0.15) is 0 Å². The van der Waals surface area contributed by atoms with Crippen molar-refractivity contribution in [3.63, 3.8) is 0 Å². The summed E-state index contributed by atoms with van der Waals surface area (Å²) in [7, 11) is 0. The number of benzene rings is 1. The van der Waals surface area contributed by atoms with Crippen molar-refractivity contribution in [2.24, 2.45) is 5.92 Å². The van der Waals surface area contributed by atoms with Gasteiger partial charge < -0.3 is 0 Å². The number of rotatable bonds is 6. The molecule has 2 aliphatic rings. The van der Waals surface area contributed by atoms with Crippen molar-refractivity contribution >= 4 is 22.4 Å². The van der Waals surface area contributed by atoms with E-state index in [0.29, 0.717) is 10.7 Å². The molecule has 6 heteroatoms. The number of carbonyl (C=O) groups excluding carboxylic acids is 1. The number of aromatic nitrogens is 1. The molecule has 4 rings (SSSR count). The van der Waals surface area contributed by atoms with Crippen LogP contribution in [-0.2, 0) is 13.1 Å². The Bertz CT molecular complexity index is 789. The SMILES string of the molecule is CC1CCN(Cc2csc(NC(=O)c3ccc(CN4CCCCC4)cc3)n2)CC1. The van der Waals surface area contributed by atoms with Crippen LogP contribution in [0.2, 0.25) is 0 Å². The van der Waals surface area contributed by atoms with Crippen LogP contribution in [0.3, 0.4) is 0 Å². The first-order chi connectivity index (χ1) is 14.2. The lowest BCUT2D eigenvalue weighted by Crippen LogP contribution is -2.32. The molecule has 156 valence electrons. The molecule has 5 nitrogen and oxygen atoms in total. The number of anilines is 1. The minimum absolute atomic E-state index is 0.0813. The molecule has 1 N–H and O–H groups in total. The highest BCUT2D eigenvalue weighted by Gasteiger charge is 2.17. The number of carbonyl (C=O) groups is 1. The molecule has 1 aromatic heterocycles. The van der Waals surface area contributed by atoms with Gasteiger partial charge in [0, 0.05) is 24.0 Å². The van der Waals surface area contributed by atoms with E-state index in [0.717, 1.165) is 37.8 Å². The molecule has 1 aromatic carbocycles. The van der Waals surface area contributed by atoms with Crippen molar-refractivity contribution in [2.45, 2.75) is 52.1 Å². The number of nitrogens with zero attached hydrogens (tertiary/aromatic N) is 3. The highest BCUT2D eigenvalue weighted by atomic mass is 32.1. The highest BCUT2D eigenvalue weighted by molar-refractivity contribution is 7.13. The van der Waals surface area contributed by atoms with E-state index in [1.54, 1.807) is 0 Å². The molecule has 2 saturated heterocycles. The van der Waals surface area contributed by atoms with Crippen molar-refractivity contribution in [1.29, 1.82) is 0 Å². The average molecular weight is 413 g/mol. The number of hydrogen-bond donors (Lipinski definition) is 1. The second kappa shape index (κ2) is 9.83. The summed E-state index contributed by atoms with van der Waals surface area (Å²) in [6.45, 7) is 8.84. The lowest BCUT2D eigenvalue weighted by Gasteiger charge is -2.29. The number of piperidine rings is 2. The summed E-state index contributed by atoms with van der Waals surface area (Å²) in [5.74, 6) is 0.755. The minimum Gasteiger partial charge on any atom is -0.299 e. The van der Waals surface area contributed by atoms with E-state index in [9.17, 15) is 4.79 Å². The Labute approximate surface area is 178 Å². The summed E-state index contributed by atoms with van der Waals surface area (Å²) in [6, 6.07) is 8.01. The molecule has 29 heavy (non-hydrogen) atoms. The standard InChI is InChI=1S/C23H32N4OS/c1-18-9-13-27(14-10-18)16-21-17-29-23(24-21)25-22(28)20-7-5-19(6-8-20)15-26-11-3-2-4-12-26/h5-8,17-18H,2-4,9-16H2,1H3,(H,24,25,28). The monoisotopic (exact) mass is 412 g/mol. The van der Waals surface area contributed by atoms with E-state index >= 15 is 0 Å². The lowest BCUT2D eigenvalue weighted by molar-refractivity contribution is 0.102. The summed E-state index contributed by atoms with van der Waals surface area (Å²) in [5, 5.41) is 5.72. The van der Waals surface area contributed by atoms with Crippen LogP contribution < -0.4 is 5.32 Å². The Morgan fingerprint density at radius 1 is 1.03 bits per heavy atom. The fraction of sp³-hybridized carbons (Fsp3) is 0.565. The van der Waals surface area contributed by atoms with E-state index in [1.807, 2.05) is 12.1 Å². The number of thiazole rings is 1. The number of nitrogens with one attached hydrogen (secondary N) is 1. The lowest BCUT2D eigenvalue weighted by atomic mass is 9.99. The van der Waals surface area contributed by atoms with Crippen molar-refractivity contribution in [3.05, 3.63) is 46.5 Å². The molecule has 0 unspecified atom stereocenters. The Kier molecular flexibility index (Phi) is 6.95. The molecule has 3 heterocycles. The van der Waals surface area contributed by atoms with Gasteiger partial charge in [-0.1, -0.05) is 25.5 Å². The third-order valence-corrected chi connectivity index (χ3v) is 6.91. The zero-order valence-electron chi connectivity index (χ0n) is 17.4.